The number of fused-ring (bicyclic) bond motifs is 4. The maximum atomic E-state index is 6.32. The van der Waals surface area contributed by atoms with Gasteiger partial charge in [-0.2, -0.15) is 5.10 Å². The molecule has 1 atom stereocenters. The van der Waals surface area contributed by atoms with Crippen molar-refractivity contribution in [3.8, 4) is 5.69 Å². The summed E-state index contributed by atoms with van der Waals surface area (Å²) in [5.74, 6) is 2.11. The van der Waals surface area contributed by atoms with Gasteiger partial charge in [-0.3, -0.25) is 0 Å². The van der Waals surface area contributed by atoms with Gasteiger partial charge in [0.2, 0.25) is 0 Å². The zero-order chi connectivity index (χ0) is 26.5. The minimum Gasteiger partial charge on any atom is -0.337 e. The van der Waals surface area contributed by atoms with Crippen LogP contribution in [0.3, 0.4) is 0 Å². The topological polar surface area (TPSA) is 57.8 Å². The first-order chi connectivity index (χ1) is 19.1. The quantitative estimate of drug-likeness (QED) is 0.246. The number of benzene rings is 4. The molecule has 7 rings (SSSR count). The molecule has 0 amide bonds. The van der Waals surface area contributed by atoms with Crippen LogP contribution >= 0.6 is 23.2 Å². The third-order valence-corrected chi connectivity index (χ3v) is 7.44. The summed E-state index contributed by atoms with van der Waals surface area (Å²) in [5.41, 5.74) is 6.64. The Labute approximate surface area is 235 Å². The molecule has 0 bridgehead atoms. The van der Waals surface area contributed by atoms with Gasteiger partial charge in [0.05, 0.1) is 28.8 Å². The van der Waals surface area contributed by atoms with Crippen molar-refractivity contribution in [2.24, 2.45) is 9.98 Å². The Morgan fingerprint density at radius 1 is 0.744 bits per heavy atom. The van der Waals surface area contributed by atoms with E-state index in [1.807, 2.05) is 96.5 Å². The van der Waals surface area contributed by atoms with Crippen LogP contribution in [0.25, 0.3) is 5.69 Å². The minimum atomic E-state index is -0.208. The molecular weight excluding hydrogens is 527 g/mol. The van der Waals surface area contributed by atoms with Gasteiger partial charge in [0.1, 0.15) is 0 Å². The number of nitrogens with zero attached hydrogens (tertiary/aromatic N) is 5. The van der Waals surface area contributed by atoms with Crippen LogP contribution < -0.4 is 10.2 Å². The van der Waals surface area contributed by atoms with Crippen LogP contribution in [0.2, 0.25) is 10.0 Å². The molecule has 8 heteroatoms. The largest absolute Gasteiger partial charge is 0.337 e. The standard InChI is InChI=1S/C31H22Cl2N6/c1-19-27-28(20-11-13-21(32)14-12-20)38-26-10-6-5-9-25(26)35-29(34-23-17-15-22(33)16-18-23)31(38)36-30(27)39(37-19)24-7-3-2-4-8-24/h2-18,28H,1H3,(H,34,35)/t28-/m1/s1. The number of para-hydroxylation sites is 3. The van der Waals surface area contributed by atoms with Gasteiger partial charge < -0.3 is 10.2 Å². The maximum absolute atomic E-state index is 6.32. The van der Waals surface area contributed by atoms with E-state index in [1.54, 1.807) is 0 Å². The maximum Gasteiger partial charge on any atom is 0.179 e. The van der Waals surface area contributed by atoms with E-state index in [0.717, 1.165) is 45.4 Å². The lowest BCUT2D eigenvalue weighted by Gasteiger charge is -2.40. The first-order valence-electron chi connectivity index (χ1n) is 12.6. The summed E-state index contributed by atoms with van der Waals surface area (Å²) in [7, 11) is 0. The van der Waals surface area contributed by atoms with E-state index < -0.39 is 0 Å². The normalized spacial score (nSPS) is 15.6. The van der Waals surface area contributed by atoms with Crippen molar-refractivity contribution < 1.29 is 0 Å². The van der Waals surface area contributed by atoms with Crippen molar-refractivity contribution in [2.45, 2.75) is 13.0 Å². The summed E-state index contributed by atoms with van der Waals surface area (Å²) in [6, 6.07) is 33.5. The summed E-state index contributed by atoms with van der Waals surface area (Å²) < 4.78 is 1.92. The summed E-state index contributed by atoms with van der Waals surface area (Å²) >= 11 is 12.5. The van der Waals surface area contributed by atoms with E-state index in [0.29, 0.717) is 21.7 Å². The highest BCUT2D eigenvalue weighted by atomic mass is 35.5. The average molecular weight is 549 g/mol. The predicted molar refractivity (Wildman–Crippen MR) is 160 cm³/mol. The molecule has 1 aromatic heterocycles. The molecule has 0 spiro atoms. The third kappa shape index (κ3) is 4.09. The molecule has 0 radical (unpaired) electrons. The van der Waals surface area contributed by atoms with Gasteiger partial charge >= 0.3 is 0 Å². The average Bonchev–Trinajstić information content (AvgIpc) is 3.30. The number of nitrogens with one attached hydrogen (secondary N) is 1. The van der Waals surface area contributed by atoms with Gasteiger partial charge in [0.15, 0.2) is 17.5 Å². The molecule has 6 nitrogen and oxygen atoms in total. The van der Waals surface area contributed by atoms with Gasteiger partial charge in [-0.05, 0) is 73.2 Å². The summed E-state index contributed by atoms with van der Waals surface area (Å²) in [5, 5.41) is 9.82. The van der Waals surface area contributed by atoms with Crippen molar-refractivity contribution >= 4 is 57.8 Å². The molecule has 4 aromatic carbocycles. The fourth-order valence-electron chi connectivity index (χ4n) is 5.18. The lowest BCUT2D eigenvalue weighted by atomic mass is 9.93. The van der Waals surface area contributed by atoms with Crippen molar-refractivity contribution in [1.29, 1.82) is 0 Å². The van der Waals surface area contributed by atoms with E-state index in [2.05, 4.69) is 28.4 Å². The van der Waals surface area contributed by atoms with E-state index in [-0.39, 0.29) is 6.04 Å². The van der Waals surface area contributed by atoms with E-state index in [1.165, 1.54) is 0 Å². The van der Waals surface area contributed by atoms with Crippen LogP contribution in [-0.4, -0.2) is 21.5 Å². The number of aryl methyl sites for hydroxylation is 1. The smallest absolute Gasteiger partial charge is 0.179 e. The second-order valence-corrected chi connectivity index (χ2v) is 10.3. The second kappa shape index (κ2) is 9.42. The molecule has 190 valence electrons. The number of halogens is 2. The number of anilines is 2. The SMILES string of the molecule is Cc1nn(-c2ccccc2)c2c1[C@@H](c1ccc(Cl)cc1)N1C(=N2)C(Nc2ccc(Cl)cc2)=Nc2ccccc21. The molecule has 0 unspecified atom stereocenters. The summed E-state index contributed by atoms with van der Waals surface area (Å²) in [6.45, 7) is 2.04. The Bertz CT molecular complexity index is 1760. The van der Waals surface area contributed by atoms with Gasteiger partial charge in [-0.25, -0.2) is 14.7 Å². The number of hydrogen-bond acceptors (Lipinski definition) is 5. The molecule has 3 heterocycles. The zero-order valence-corrected chi connectivity index (χ0v) is 22.4. The second-order valence-electron chi connectivity index (χ2n) is 9.41. The summed E-state index contributed by atoms with van der Waals surface area (Å²) in [6.07, 6.45) is 0. The fraction of sp³-hybridized carbons (Fsp3) is 0.0645. The van der Waals surface area contributed by atoms with Gasteiger partial charge in [0.25, 0.3) is 0 Å². The Morgan fingerprint density at radius 2 is 1.41 bits per heavy atom. The van der Waals surface area contributed by atoms with Crippen LogP contribution in [-0.2, 0) is 0 Å². The number of amidine groups is 2. The third-order valence-electron chi connectivity index (χ3n) is 6.93. The summed E-state index contributed by atoms with van der Waals surface area (Å²) in [4.78, 5) is 12.5. The van der Waals surface area contributed by atoms with E-state index in [4.69, 9.17) is 38.3 Å². The molecule has 0 saturated carbocycles. The number of hydrogen-bond donors (Lipinski definition) is 1. The Balaban J connectivity index is 1.49. The lowest BCUT2D eigenvalue weighted by molar-refractivity contribution is 0.815. The highest BCUT2D eigenvalue weighted by molar-refractivity contribution is 6.51. The molecule has 0 fully saturated rings. The highest BCUT2D eigenvalue weighted by Crippen LogP contribution is 2.48. The molecule has 39 heavy (non-hydrogen) atoms. The van der Waals surface area contributed by atoms with Crippen LogP contribution in [0.15, 0.2) is 113 Å². The number of aliphatic imine (C=N–C) groups is 2. The molecule has 2 aliphatic rings. The first-order valence-corrected chi connectivity index (χ1v) is 13.3. The van der Waals surface area contributed by atoms with Crippen molar-refractivity contribution in [1.82, 2.24) is 9.78 Å². The van der Waals surface area contributed by atoms with Crippen molar-refractivity contribution in [3.05, 3.63) is 130 Å². The number of aromatic nitrogens is 2. The van der Waals surface area contributed by atoms with Crippen LogP contribution in [0.5, 0.6) is 0 Å². The van der Waals surface area contributed by atoms with Crippen molar-refractivity contribution in [2.75, 3.05) is 10.2 Å². The van der Waals surface area contributed by atoms with Crippen LogP contribution in [0.4, 0.5) is 22.9 Å². The van der Waals surface area contributed by atoms with Crippen LogP contribution in [0.1, 0.15) is 22.9 Å². The van der Waals surface area contributed by atoms with Crippen LogP contribution in [0, 0.1) is 6.92 Å². The molecule has 2 aliphatic heterocycles. The Kier molecular flexibility index (Phi) is 5.72. The van der Waals surface area contributed by atoms with Gasteiger partial charge in [0, 0.05) is 21.3 Å². The lowest BCUT2D eigenvalue weighted by Crippen LogP contribution is -2.46. The molecule has 1 N–H and O–H groups in total. The molecular formula is C31H22Cl2N6. The molecule has 0 aliphatic carbocycles. The minimum absolute atomic E-state index is 0.208. The molecule has 0 saturated heterocycles. The van der Waals surface area contributed by atoms with Gasteiger partial charge in [-0.1, -0.05) is 65.7 Å². The highest BCUT2D eigenvalue weighted by Gasteiger charge is 2.41. The van der Waals surface area contributed by atoms with Gasteiger partial charge in [-0.15, -0.1) is 0 Å². The van der Waals surface area contributed by atoms with E-state index in [9.17, 15) is 0 Å². The Morgan fingerprint density at radius 3 is 2.15 bits per heavy atom. The van der Waals surface area contributed by atoms with Crippen molar-refractivity contribution in [3.63, 3.8) is 0 Å². The predicted octanol–water partition coefficient (Wildman–Crippen LogP) is 8.28. The monoisotopic (exact) mass is 548 g/mol. The fourth-order valence-corrected chi connectivity index (χ4v) is 5.43. The zero-order valence-electron chi connectivity index (χ0n) is 20.9. The number of rotatable bonds is 3. The first kappa shape index (κ1) is 23.7. The van der Waals surface area contributed by atoms with E-state index >= 15 is 0 Å². The molecule has 5 aromatic rings. The Hall–Kier alpha value is -4.39.